The van der Waals surface area contributed by atoms with Crippen LogP contribution in [0.25, 0.3) is 11.0 Å². The zero-order valence-corrected chi connectivity index (χ0v) is 16.1. The van der Waals surface area contributed by atoms with Gasteiger partial charge in [-0.1, -0.05) is 58.0 Å². The third-order valence-electron chi connectivity index (χ3n) is 5.28. The van der Waals surface area contributed by atoms with Crippen molar-refractivity contribution in [1.29, 1.82) is 0 Å². The first kappa shape index (κ1) is 17.5. The van der Waals surface area contributed by atoms with Gasteiger partial charge in [-0.05, 0) is 40.7 Å². The third kappa shape index (κ3) is 2.85. The molecule has 2 aromatic carbocycles. The monoisotopic (exact) mass is 361 g/mol. The van der Waals surface area contributed by atoms with E-state index in [-0.39, 0.29) is 22.5 Å². The second-order valence-corrected chi connectivity index (χ2v) is 8.14. The van der Waals surface area contributed by atoms with E-state index in [1.807, 2.05) is 31.2 Å². The van der Waals surface area contributed by atoms with Crippen molar-refractivity contribution in [3.8, 4) is 0 Å². The highest BCUT2D eigenvalue weighted by Crippen LogP contribution is 2.32. The van der Waals surface area contributed by atoms with Crippen molar-refractivity contribution in [2.75, 3.05) is 0 Å². The highest BCUT2D eigenvalue weighted by atomic mass is 16.3. The highest BCUT2D eigenvalue weighted by molar-refractivity contribution is 5.99. The van der Waals surface area contributed by atoms with E-state index in [4.69, 9.17) is 4.42 Å². The summed E-state index contributed by atoms with van der Waals surface area (Å²) in [5.74, 6) is -0.213. The fourth-order valence-corrected chi connectivity index (χ4v) is 3.60. The van der Waals surface area contributed by atoms with Crippen LogP contribution in [0.4, 0.5) is 0 Å². The van der Waals surface area contributed by atoms with Crippen LogP contribution in [0.1, 0.15) is 66.5 Å². The molecule has 4 rings (SSSR count). The molecule has 1 unspecified atom stereocenters. The normalized spacial score (nSPS) is 16.4. The number of aryl methyl sites for hydroxylation is 1. The summed E-state index contributed by atoms with van der Waals surface area (Å²) in [5, 5.41) is 3.43. The summed E-state index contributed by atoms with van der Waals surface area (Å²) in [5.41, 5.74) is 3.92. The summed E-state index contributed by atoms with van der Waals surface area (Å²) in [4.78, 5) is 25.6. The Kier molecular flexibility index (Phi) is 3.95. The van der Waals surface area contributed by atoms with Gasteiger partial charge in [0.05, 0.1) is 17.0 Å². The van der Waals surface area contributed by atoms with Gasteiger partial charge in [-0.15, -0.1) is 0 Å². The van der Waals surface area contributed by atoms with E-state index in [0.717, 1.165) is 17.5 Å². The molecule has 0 bridgehead atoms. The molecule has 1 N–H and O–H groups in total. The Balaban J connectivity index is 1.87. The SMILES string of the molecule is CCc1ccc2oc3c(c(=O)c2c1)C(c1ccc(C(C)(C)C)cc1)NC3=O. The van der Waals surface area contributed by atoms with Crippen LogP contribution in [-0.4, -0.2) is 5.91 Å². The van der Waals surface area contributed by atoms with Crippen molar-refractivity contribution in [3.63, 3.8) is 0 Å². The summed E-state index contributed by atoms with van der Waals surface area (Å²) in [6, 6.07) is 13.1. The van der Waals surface area contributed by atoms with Crippen LogP contribution in [0.5, 0.6) is 0 Å². The Bertz CT molecular complexity index is 1100. The summed E-state index contributed by atoms with van der Waals surface area (Å²) in [6.45, 7) is 8.50. The van der Waals surface area contributed by atoms with Crippen LogP contribution in [0.3, 0.4) is 0 Å². The molecule has 0 saturated heterocycles. The van der Waals surface area contributed by atoms with E-state index in [2.05, 4.69) is 38.2 Å². The van der Waals surface area contributed by atoms with Crippen molar-refractivity contribution in [3.05, 3.63) is 80.7 Å². The predicted molar refractivity (Wildman–Crippen MR) is 106 cm³/mol. The molecular formula is C23H23NO3. The second kappa shape index (κ2) is 6.08. The summed E-state index contributed by atoms with van der Waals surface area (Å²) in [7, 11) is 0. The Morgan fingerprint density at radius 2 is 1.74 bits per heavy atom. The average molecular weight is 361 g/mol. The first-order chi connectivity index (χ1) is 12.8. The van der Waals surface area contributed by atoms with Gasteiger partial charge in [0.25, 0.3) is 5.91 Å². The summed E-state index contributed by atoms with van der Waals surface area (Å²) < 4.78 is 5.81. The van der Waals surface area contributed by atoms with Crippen LogP contribution in [0.15, 0.2) is 51.7 Å². The number of nitrogens with one attached hydrogen (secondary N) is 1. The van der Waals surface area contributed by atoms with Gasteiger partial charge in [0.1, 0.15) is 5.58 Å². The molecule has 1 aliphatic heterocycles. The number of benzene rings is 2. The number of hydrogen-bond donors (Lipinski definition) is 1. The fourth-order valence-electron chi connectivity index (χ4n) is 3.60. The molecular weight excluding hydrogens is 338 g/mol. The minimum absolute atomic E-state index is 0.0428. The number of hydrogen-bond acceptors (Lipinski definition) is 3. The minimum atomic E-state index is -0.479. The van der Waals surface area contributed by atoms with Gasteiger partial charge < -0.3 is 9.73 Å². The minimum Gasteiger partial charge on any atom is -0.450 e. The molecule has 0 aliphatic carbocycles. The van der Waals surface area contributed by atoms with E-state index in [1.165, 1.54) is 5.56 Å². The molecule has 0 radical (unpaired) electrons. The van der Waals surface area contributed by atoms with E-state index in [9.17, 15) is 9.59 Å². The van der Waals surface area contributed by atoms with Crippen molar-refractivity contribution in [1.82, 2.24) is 5.32 Å². The Labute approximate surface area is 158 Å². The molecule has 1 atom stereocenters. The quantitative estimate of drug-likeness (QED) is 0.732. The largest absolute Gasteiger partial charge is 0.450 e. The molecule has 1 amide bonds. The van der Waals surface area contributed by atoms with E-state index in [1.54, 1.807) is 6.07 Å². The van der Waals surface area contributed by atoms with Gasteiger partial charge in [0, 0.05) is 0 Å². The molecule has 0 fully saturated rings. The van der Waals surface area contributed by atoms with E-state index in [0.29, 0.717) is 16.5 Å². The van der Waals surface area contributed by atoms with E-state index < -0.39 is 6.04 Å². The lowest BCUT2D eigenvalue weighted by atomic mass is 9.86. The lowest BCUT2D eigenvalue weighted by Gasteiger charge is -2.20. The van der Waals surface area contributed by atoms with Crippen molar-refractivity contribution >= 4 is 16.9 Å². The lowest BCUT2D eigenvalue weighted by molar-refractivity contribution is 0.0938. The van der Waals surface area contributed by atoms with Crippen LogP contribution in [0, 0.1) is 0 Å². The second-order valence-electron chi connectivity index (χ2n) is 8.14. The molecule has 2 heterocycles. The highest BCUT2D eigenvalue weighted by Gasteiger charge is 2.36. The maximum Gasteiger partial charge on any atom is 0.288 e. The van der Waals surface area contributed by atoms with Crippen LogP contribution in [0.2, 0.25) is 0 Å². The standard InChI is InChI=1S/C23H23NO3/c1-5-13-6-11-17-16(12-13)20(25)18-19(24-22(26)21(18)27-17)14-7-9-15(10-8-14)23(2,3)4/h6-12,19H,5H2,1-4H3,(H,24,26). The zero-order chi connectivity index (χ0) is 19.3. The number of rotatable bonds is 2. The maximum absolute atomic E-state index is 13.2. The predicted octanol–water partition coefficient (Wildman–Crippen LogP) is 4.49. The Morgan fingerprint density at radius 3 is 2.37 bits per heavy atom. The molecule has 4 heteroatoms. The van der Waals surface area contributed by atoms with Crippen molar-refractivity contribution in [2.45, 2.75) is 45.6 Å². The van der Waals surface area contributed by atoms with Crippen LogP contribution < -0.4 is 10.7 Å². The third-order valence-corrected chi connectivity index (χ3v) is 5.28. The maximum atomic E-state index is 13.2. The molecule has 138 valence electrons. The van der Waals surface area contributed by atoms with Gasteiger partial charge >= 0.3 is 0 Å². The summed E-state index contributed by atoms with van der Waals surface area (Å²) in [6.07, 6.45) is 0.835. The van der Waals surface area contributed by atoms with Gasteiger partial charge in [0.2, 0.25) is 5.76 Å². The molecule has 3 aromatic rings. The van der Waals surface area contributed by atoms with Crippen LogP contribution >= 0.6 is 0 Å². The smallest absolute Gasteiger partial charge is 0.288 e. The van der Waals surface area contributed by atoms with Crippen molar-refractivity contribution in [2.24, 2.45) is 0 Å². The molecule has 0 saturated carbocycles. The number of amides is 1. The Morgan fingerprint density at radius 1 is 1.04 bits per heavy atom. The zero-order valence-electron chi connectivity index (χ0n) is 16.1. The van der Waals surface area contributed by atoms with Crippen LogP contribution in [-0.2, 0) is 11.8 Å². The summed E-state index contributed by atoms with van der Waals surface area (Å²) >= 11 is 0. The topological polar surface area (TPSA) is 59.3 Å². The fraction of sp³-hybridized carbons (Fsp3) is 0.304. The van der Waals surface area contributed by atoms with Gasteiger partial charge in [-0.25, -0.2) is 0 Å². The average Bonchev–Trinajstić information content (AvgIpc) is 2.98. The van der Waals surface area contributed by atoms with Gasteiger partial charge in [0.15, 0.2) is 5.43 Å². The van der Waals surface area contributed by atoms with Crippen molar-refractivity contribution < 1.29 is 9.21 Å². The molecule has 1 aromatic heterocycles. The first-order valence-electron chi connectivity index (χ1n) is 9.30. The first-order valence-corrected chi connectivity index (χ1v) is 9.30. The Hall–Kier alpha value is -2.88. The molecule has 4 nitrogen and oxygen atoms in total. The lowest BCUT2D eigenvalue weighted by Crippen LogP contribution is -2.22. The molecule has 1 aliphatic rings. The number of fused-ring (bicyclic) bond motifs is 2. The number of carbonyl (C=O) groups is 1. The molecule has 27 heavy (non-hydrogen) atoms. The van der Waals surface area contributed by atoms with E-state index >= 15 is 0 Å². The molecule has 0 spiro atoms. The van der Waals surface area contributed by atoms with Gasteiger partial charge in [-0.2, -0.15) is 0 Å². The van der Waals surface area contributed by atoms with Gasteiger partial charge in [-0.3, -0.25) is 9.59 Å². The number of carbonyl (C=O) groups excluding carboxylic acids is 1.